The first-order valence-electron chi connectivity index (χ1n) is 9.58. The van der Waals surface area contributed by atoms with E-state index in [2.05, 4.69) is 54.4 Å². The lowest BCUT2D eigenvalue weighted by molar-refractivity contribution is 0.309. The molecule has 0 aliphatic rings. The van der Waals surface area contributed by atoms with Crippen molar-refractivity contribution in [2.75, 3.05) is 6.61 Å². The topological polar surface area (TPSA) is 39.4 Å². The van der Waals surface area contributed by atoms with E-state index in [9.17, 15) is 0 Å². The minimum Gasteiger partial charge on any atom is -0.494 e. The summed E-state index contributed by atoms with van der Waals surface area (Å²) in [4.78, 5) is 4.57. The maximum absolute atomic E-state index is 5.75. The smallest absolute Gasteiger partial charge is 0.122 e. The molecule has 0 amide bonds. The number of benzene rings is 2. The molecule has 142 valence electrons. The number of nitrogens with zero attached hydrogens (tertiary/aromatic N) is 3. The van der Waals surface area contributed by atoms with E-state index in [1.54, 1.807) is 11.8 Å². The Morgan fingerprint density at radius 1 is 1.04 bits per heavy atom. The van der Waals surface area contributed by atoms with E-state index >= 15 is 0 Å². The van der Waals surface area contributed by atoms with Crippen LogP contribution in [0, 0.1) is 0 Å². The lowest BCUT2D eigenvalue weighted by atomic mass is 10.1. The summed E-state index contributed by atoms with van der Waals surface area (Å²) in [5.74, 6) is 1.79. The molecule has 0 atom stereocenters. The van der Waals surface area contributed by atoms with Crippen LogP contribution < -0.4 is 4.74 Å². The first-order valence-corrected chi connectivity index (χ1v) is 10.6. The molecular formula is C23H23N3OS. The Morgan fingerprint density at radius 3 is 2.64 bits per heavy atom. The quantitative estimate of drug-likeness (QED) is 0.279. The van der Waals surface area contributed by atoms with Gasteiger partial charge < -0.3 is 4.74 Å². The molecule has 2 heterocycles. The Labute approximate surface area is 169 Å². The highest BCUT2D eigenvalue weighted by Gasteiger charge is 2.10. The van der Waals surface area contributed by atoms with Gasteiger partial charge in [-0.25, -0.2) is 9.50 Å². The van der Waals surface area contributed by atoms with Gasteiger partial charge in [0.15, 0.2) is 0 Å². The highest BCUT2D eigenvalue weighted by atomic mass is 32.2. The highest BCUT2D eigenvalue weighted by molar-refractivity contribution is 7.98. The molecule has 0 aliphatic carbocycles. The van der Waals surface area contributed by atoms with Crippen LogP contribution in [0.25, 0.3) is 16.8 Å². The second-order valence-electron chi connectivity index (χ2n) is 6.59. The van der Waals surface area contributed by atoms with Crippen LogP contribution in [0.3, 0.4) is 0 Å². The Bertz CT molecular complexity index is 1030. The number of ether oxygens (including phenoxy) is 1. The third kappa shape index (κ3) is 4.37. The maximum atomic E-state index is 5.75. The fourth-order valence-corrected chi connectivity index (χ4v) is 3.86. The van der Waals surface area contributed by atoms with Gasteiger partial charge in [-0.15, -0.1) is 0 Å². The van der Waals surface area contributed by atoms with E-state index in [1.807, 2.05) is 35.1 Å². The monoisotopic (exact) mass is 389 g/mol. The summed E-state index contributed by atoms with van der Waals surface area (Å²) >= 11 is 1.73. The van der Waals surface area contributed by atoms with Gasteiger partial charge in [-0.2, -0.15) is 5.10 Å². The number of unbranched alkanes of at least 4 members (excludes halogenated alkanes) is 1. The third-order valence-electron chi connectivity index (χ3n) is 4.49. The zero-order valence-electron chi connectivity index (χ0n) is 15.9. The minimum atomic E-state index is 0.762. The summed E-state index contributed by atoms with van der Waals surface area (Å²) in [7, 11) is 0. The second kappa shape index (κ2) is 8.93. The average molecular weight is 390 g/mol. The molecule has 4 aromatic rings. The summed E-state index contributed by atoms with van der Waals surface area (Å²) in [6.07, 6.45) is 5.91. The summed E-state index contributed by atoms with van der Waals surface area (Å²) < 4.78 is 7.65. The van der Waals surface area contributed by atoms with Crippen LogP contribution in [0.5, 0.6) is 5.75 Å². The molecule has 4 nitrogen and oxygen atoms in total. The van der Waals surface area contributed by atoms with Gasteiger partial charge in [0.25, 0.3) is 0 Å². The van der Waals surface area contributed by atoms with Crippen molar-refractivity contribution in [2.45, 2.75) is 30.5 Å². The van der Waals surface area contributed by atoms with E-state index in [4.69, 9.17) is 9.84 Å². The number of aromatic nitrogens is 3. The van der Waals surface area contributed by atoms with Gasteiger partial charge in [0.1, 0.15) is 10.8 Å². The molecule has 0 saturated heterocycles. The summed E-state index contributed by atoms with van der Waals surface area (Å²) in [6, 6.07) is 20.7. The zero-order chi connectivity index (χ0) is 19.2. The SMILES string of the molecule is CCCCOc1ccc(-c2cc3c(SCc4ccccc4)nccn3n2)cc1. The molecule has 0 saturated carbocycles. The van der Waals surface area contributed by atoms with Gasteiger partial charge in [0, 0.05) is 23.7 Å². The van der Waals surface area contributed by atoms with Gasteiger partial charge in [0.05, 0.1) is 17.8 Å². The van der Waals surface area contributed by atoms with Crippen LogP contribution in [0.4, 0.5) is 0 Å². The van der Waals surface area contributed by atoms with Crippen LogP contribution in [0.2, 0.25) is 0 Å². The van der Waals surface area contributed by atoms with Crippen LogP contribution in [0.15, 0.2) is 78.1 Å². The van der Waals surface area contributed by atoms with E-state index in [1.165, 1.54) is 5.56 Å². The molecule has 0 N–H and O–H groups in total. The number of thioether (sulfide) groups is 1. The summed E-state index contributed by atoms with van der Waals surface area (Å²) in [5, 5.41) is 5.72. The second-order valence-corrected chi connectivity index (χ2v) is 7.56. The Balaban J connectivity index is 1.53. The average Bonchev–Trinajstić information content (AvgIpc) is 3.19. The molecule has 2 aromatic carbocycles. The third-order valence-corrected chi connectivity index (χ3v) is 5.56. The summed E-state index contributed by atoms with van der Waals surface area (Å²) in [5.41, 5.74) is 4.33. The normalized spacial score (nSPS) is 11.0. The van der Waals surface area contributed by atoms with Gasteiger partial charge in [-0.05, 0) is 42.3 Å². The molecule has 0 spiro atoms. The molecule has 0 fully saturated rings. The largest absolute Gasteiger partial charge is 0.494 e. The highest BCUT2D eigenvalue weighted by Crippen LogP contribution is 2.28. The van der Waals surface area contributed by atoms with Crippen molar-refractivity contribution in [3.05, 3.63) is 78.6 Å². The van der Waals surface area contributed by atoms with Crippen molar-refractivity contribution in [3.63, 3.8) is 0 Å². The van der Waals surface area contributed by atoms with Gasteiger partial charge in [-0.3, -0.25) is 0 Å². The van der Waals surface area contributed by atoms with Gasteiger partial charge in [0.2, 0.25) is 0 Å². The van der Waals surface area contributed by atoms with Gasteiger partial charge in [-0.1, -0.05) is 55.4 Å². The van der Waals surface area contributed by atoms with E-state index < -0.39 is 0 Å². The molecule has 0 bridgehead atoms. The minimum absolute atomic E-state index is 0.762. The van der Waals surface area contributed by atoms with E-state index in [0.29, 0.717) is 0 Å². The fraction of sp³-hybridized carbons (Fsp3) is 0.217. The molecule has 4 rings (SSSR count). The van der Waals surface area contributed by atoms with Crippen molar-refractivity contribution in [2.24, 2.45) is 0 Å². The Kier molecular flexibility index (Phi) is 5.92. The van der Waals surface area contributed by atoms with Crippen LogP contribution >= 0.6 is 11.8 Å². The predicted octanol–water partition coefficient (Wildman–Crippen LogP) is 5.87. The Morgan fingerprint density at radius 2 is 1.86 bits per heavy atom. The standard InChI is InChI=1S/C23H23N3OS/c1-2-3-15-27-20-11-9-19(10-12-20)21-16-22-23(24-13-14-26(22)25-21)28-17-18-7-5-4-6-8-18/h4-14,16H,2-3,15,17H2,1H3. The fourth-order valence-electron chi connectivity index (χ4n) is 2.93. The van der Waals surface area contributed by atoms with Crippen LogP contribution in [0.1, 0.15) is 25.3 Å². The molecular weight excluding hydrogens is 366 g/mol. The van der Waals surface area contributed by atoms with Crippen molar-refractivity contribution < 1.29 is 4.74 Å². The predicted molar refractivity (Wildman–Crippen MR) is 115 cm³/mol. The van der Waals surface area contributed by atoms with Crippen molar-refractivity contribution in [1.29, 1.82) is 0 Å². The number of hydrogen-bond donors (Lipinski definition) is 0. The number of rotatable bonds is 8. The molecule has 0 unspecified atom stereocenters. The molecule has 2 aromatic heterocycles. The summed E-state index contributed by atoms with van der Waals surface area (Å²) in [6.45, 7) is 2.93. The van der Waals surface area contributed by atoms with Crippen molar-refractivity contribution in [1.82, 2.24) is 14.6 Å². The van der Waals surface area contributed by atoms with Crippen LogP contribution in [-0.2, 0) is 5.75 Å². The first kappa shape index (κ1) is 18.6. The Hall–Kier alpha value is -2.79. The van der Waals surface area contributed by atoms with E-state index in [-0.39, 0.29) is 0 Å². The number of fused-ring (bicyclic) bond motifs is 1. The van der Waals surface area contributed by atoms with Crippen molar-refractivity contribution in [3.8, 4) is 17.0 Å². The zero-order valence-corrected chi connectivity index (χ0v) is 16.7. The van der Waals surface area contributed by atoms with E-state index in [0.717, 1.165) is 52.8 Å². The first-order chi connectivity index (χ1) is 13.8. The molecule has 0 radical (unpaired) electrons. The lowest BCUT2D eigenvalue weighted by Crippen LogP contribution is -1.96. The van der Waals surface area contributed by atoms with Gasteiger partial charge >= 0.3 is 0 Å². The lowest BCUT2D eigenvalue weighted by Gasteiger charge is -2.05. The van der Waals surface area contributed by atoms with Crippen molar-refractivity contribution >= 4 is 17.3 Å². The van der Waals surface area contributed by atoms with Crippen LogP contribution in [-0.4, -0.2) is 21.2 Å². The number of hydrogen-bond acceptors (Lipinski definition) is 4. The molecule has 5 heteroatoms. The molecule has 0 aliphatic heterocycles. The maximum Gasteiger partial charge on any atom is 0.122 e. The molecule has 28 heavy (non-hydrogen) atoms.